The largest absolute Gasteiger partial charge is 0.480 e. The van der Waals surface area contributed by atoms with Gasteiger partial charge in [0.2, 0.25) is 5.91 Å². The lowest BCUT2D eigenvalue weighted by molar-refractivity contribution is -0.145. The van der Waals surface area contributed by atoms with Crippen molar-refractivity contribution in [2.75, 3.05) is 13.1 Å². The molecule has 0 radical (unpaired) electrons. The van der Waals surface area contributed by atoms with Crippen molar-refractivity contribution in [3.63, 3.8) is 0 Å². The summed E-state index contributed by atoms with van der Waals surface area (Å²) in [6.07, 6.45) is 1.09. The maximum absolute atomic E-state index is 12.4. The van der Waals surface area contributed by atoms with Gasteiger partial charge in [-0.1, -0.05) is 51.1 Å². The van der Waals surface area contributed by atoms with Gasteiger partial charge in [0, 0.05) is 24.9 Å². The van der Waals surface area contributed by atoms with E-state index in [2.05, 4.69) is 0 Å². The molecule has 1 N–H and O–H groups in total. The maximum Gasteiger partial charge on any atom is 0.323 e. The summed E-state index contributed by atoms with van der Waals surface area (Å²) in [6.45, 7) is 5.72. The zero-order chi connectivity index (χ0) is 17.5. The van der Waals surface area contributed by atoms with Gasteiger partial charge in [0.15, 0.2) is 5.78 Å². The Balaban J connectivity index is 2.70. The van der Waals surface area contributed by atoms with Crippen LogP contribution in [-0.4, -0.2) is 40.8 Å². The summed E-state index contributed by atoms with van der Waals surface area (Å²) in [6, 6.07) is 8.98. The molecule has 5 heteroatoms. The summed E-state index contributed by atoms with van der Waals surface area (Å²) >= 11 is 0. The lowest BCUT2D eigenvalue weighted by Gasteiger charge is -2.27. The molecule has 0 unspecified atom stereocenters. The third-order valence-corrected chi connectivity index (χ3v) is 3.54. The smallest absolute Gasteiger partial charge is 0.323 e. The molecule has 1 amide bonds. The van der Waals surface area contributed by atoms with Crippen molar-refractivity contribution >= 4 is 17.7 Å². The Bertz CT molecular complexity index is 551. The number of Topliss-reactive ketones (excluding diaryl/α,β-unsaturated/α-hetero) is 1. The van der Waals surface area contributed by atoms with Crippen molar-refractivity contribution in [1.82, 2.24) is 4.90 Å². The Morgan fingerprint density at radius 3 is 2.22 bits per heavy atom. The number of carboxylic acid groups (broad SMARTS) is 1. The summed E-state index contributed by atoms with van der Waals surface area (Å²) < 4.78 is 0. The molecule has 0 spiro atoms. The van der Waals surface area contributed by atoms with Crippen LogP contribution in [0.4, 0.5) is 0 Å². The summed E-state index contributed by atoms with van der Waals surface area (Å²) in [5, 5.41) is 8.90. The Morgan fingerprint density at radius 2 is 1.70 bits per heavy atom. The minimum absolute atomic E-state index is 0.0105. The van der Waals surface area contributed by atoms with Crippen LogP contribution in [0.15, 0.2) is 30.3 Å². The molecule has 0 bridgehead atoms. The lowest BCUT2D eigenvalue weighted by atomic mass is 9.82. The van der Waals surface area contributed by atoms with Crippen molar-refractivity contribution in [1.29, 1.82) is 0 Å². The number of rotatable bonds is 9. The average Bonchev–Trinajstić information content (AvgIpc) is 2.46. The normalized spacial score (nSPS) is 11.1. The van der Waals surface area contributed by atoms with Crippen LogP contribution in [0.3, 0.4) is 0 Å². The van der Waals surface area contributed by atoms with E-state index in [1.54, 1.807) is 24.3 Å². The van der Waals surface area contributed by atoms with Crippen LogP contribution < -0.4 is 0 Å². The molecule has 0 aromatic heterocycles. The highest BCUT2D eigenvalue weighted by molar-refractivity contribution is 5.96. The van der Waals surface area contributed by atoms with E-state index in [9.17, 15) is 14.4 Å². The molecular weight excluding hydrogens is 294 g/mol. The molecule has 0 aliphatic heterocycles. The van der Waals surface area contributed by atoms with Crippen molar-refractivity contribution in [2.24, 2.45) is 5.41 Å². The fourth-order valence-electron chi connectivity index (χ4n) is 2.47. The zero-order valence-electron chi connectivity index (χ0n) is 14.0. The number of hydrogen-bond donors (Lipinski definition) is 1. The minimum atomic E-state index is -1.02. The van der Waals surface area contributed by atoms with Gasteiger partial charge in [0.25, 0.3) is 0 Å². The summed E-state index contributed by atoms with van der Waals surface area (Å²) in [5.41, 5.74) is 0.109. The Kier molecular flexibility index (Phi) is 6.94. The lowest BCUT2D eigenvalue weighted by Crippen LogP contribution is -2.38. The van der Waals surface area contributed by atoms with Gasteiger partial charge in [0.1, 0.15) is 6.54 Å². The molecule has 0 aliphatic carbocycles. The molecule has 0 heterocycles. The second-order valence-electron chi connectivity index (χ2n) is 6.52. The highest BCUT2D eigenvalue weighted by Crippen LogP contribution is 2.28. The van der Waals surface area contributed by atoms with E-state index in [0.29, 0.717) is 18.5 Å². The zero-order valence-corrected chi connectivity index (χ0v) is 14.0. The van der Waals surface area contributed by atoms with Gasteiger partial charge in [-0.25, -0.2) is 0 Å². The predicted octanol–water partition coefficient (Wildman–Crippen LogP) is 3.00. The monoisotopic (exact) mass is 319 g/mol. The average molecular weight is 319 g/mol. The molecule has 1 aromatic rings. The number of aliphatic carboxylic acids is 1. The number of carbonyl (C=O) groups is 3. The van der Waals surface area contributed by atoms with Crippen molar-refractivity contribution < 1.29 is 19.5 Å². The van der Waals surface area contributed by atoms with Gasteiger partial charge in [-0.3, -0.25) is 14.4 Å². The maximum atomic E-state index is 12.4. The number of carboxylic acids is 1. The molecule has 0 fully saturated rings. The highest BCUT2D eigenvalue weighted by atomic mass is 16.4. The van der Waals surface area contributed by atoms with E-state index < -0.39 is 11.4 Å². The Labute approximate surface area is 137 Å². The molecule has 1 rings (SSSR count). The van der Waals surface area contributed by atoms with Crippen LogP contribution in [0.1, 0.15) is 50.4 Å². The van der Waals surface area contributed by atoms with E-state index in [-0.39, 0.29) is 31.1 Å². The molecule has 126 valence electrons. The SMILES string of the molecule is CCCN(CC(=O)O)C(=O)CC(C)(C)CC(=O)c1ccccc1. The molecule has 0 saturated heterocycles. The predicted molar refractivity (Wildman–Crippen MR) is 88.3 cm³/mol. The van der Waals surface area contributed by atoms with Gasteiger partial charge >= 0.3 is 5.97 Å². The molecular formula is C18H25NO4. The minimum Gasteiger partial charge on any atom is -0.480 e. The first-order valence-corrected chi connectivity index (χ1v) is 7.83. The quantitative estimate of drug-likeness (QED) is 0.710. The third kappa shape index (κ3) is 6.63. The number of ketones is 1. The van der Waals surface area contributed by atoms with Crippen LogP contribution >= 0.6 is 0 Å². The number of benzene rings is 1. The summed E-state index contributed by atoms with van der Waals surface area (Å²) in [4.78, 5) is 36.9. The Hall–Kier alpha value is -2.17. The highest BCUT2D eigenvalue weighted by Gasteiger charge is 2.28. The third-order valence-electron chi connectivity index (χ3n) is 3.54. The van der Waals surface area contributed by atoms with Gasteiger partial charge < -0.3 is 10.0 Å². The summed E-state index contributed by atoms with van der Waals surface area (Å²) in [5.74, 6) is -1.26. The first kappa shape index (κ1) is 18.9. The number of nitrogens with zero attached hydrogens (tertiary/aromatic N) is 1. The van der Waals surface area contributed by atoms with Gasteiger partial charge in [-0.15, -0.1) is 0 Å². The van der Waals surface area contributed by atoms with Crippen LogP contribution in [0.25, 0.3) is 0 Å². The van der Waals surface area contributed by atoms with Crippen molar-refractivity contribution in [3.8, 4) is 0 Å². The molecule has 1 aromatic carbocycles. The van der Waals surface area contributed by atoms with E-state index in [1.165, 1.54) is 4.90 Å². The van der Waals surface area contributed by atoms with Crippen LogP contribution in [0, 0.1) is 5.41 Å². The topological polar surface area (TPSA) is 74.7 Å². The molecule has 23 heavy (non-hydrogen) atoms. The van der Waals surface area contributed by atoms with E-state index in [4.69, 9.17) is 5.11 Å². The second kappa shape index (κ2) is 8.46. The summed E-state index contributed by atoms with van der Waals surface area (Å²) in [7, 11) is 0. The second-order valence-corrected chi connectivity index (χ2v) is 6.52. The first-order chi connectivity index (χ1) is 10.7. The fourth-order valence-corrected chi connectivity index (χ4v) is 2.47. The number of hydrogen-bond acceptors (Lipinski definition) is 3. The number of amides is 1. The van der Waals surface area contributed by atoms with Crippen LogP contribution in [0.5, 0.6) is 0 Å². The molecule has 5 nitrogen and oxygen atoms in total. The van der Waals surface area contributed by atoms with E-state index in [0.717, 1.165) is 0 Å². The van der Waals surface area contributed by atoms with Gasteiger partial charge in [0.05, 0.1) is 0 Å². The molecule has 0 saturated carbocycles. The Morgan fingerprint density at radius 1 is 1.09 bits per heavy atom. The van der Waals surface area contributed by atoms with Crippen LogP contribution in [-0.2, 0) is 9.59 Å². The van der Waals surface area contributed by atoms with Gasteiger partial charge in [-0.05, 0) is 11.8 Å². The van der Waals surface area contributed by atoms with E-state index >= 15 is 0 Å². The van der Waals surface area contributed by atoms with Crippen LogP contribution in [0.2, 0.25) is 0 Å². The van der Waals surface area contributed by atoms with Crippen molar-refractivity contribution in [2.45, 2.75) is 40.0 Å². The van der Waals surface area contributed by atoms with E-state index in [1.807, 2.05) is 26.8 Å². The molecule has 0 atom stereocenters. The number of carbonyl (C=O) groups excluding carboxylic acids is 2. The first-order valence-electron chi connectivity index (χ1n) is 7.83. The standard InChI is InChI=1S/C18H25NO4/c1-4-10-19(13-17(22)23)16(21)12-18(2,3)11-15(20)14-8-6-5-7-9-14/h5-9H,4,10-13H2,1-3H3,(H,22,23). The van der Waals surface area contributed by atoms with Crippen molar-refractivity contribution in [3.05, 3.63) is 35.9 Å². The van der Waals surface area contributed by atoms with Gasteiger partial charge in [-0.2, -0.15) is 0 Å². The molecule has 0 aliphatic rings. The fraction of sp³-hybridized carbons (Fsp3) is 0.500.